The van der Waals surface area contributed by atoms with Gasteiger partial charge in [0.15, 0.2) is 11.7 Å². The zero-order valence-electron chi connectivity index (χ0n) is 13.0. The zero-order chi connectivity index (χ0) is 19.4. The van der Waals surface area contributed by atoms with E-state index in [4.69, 9.17) is 5.73 Å². The van der Waals surface area contributed by atoms with Crippen molar-refractivity contribution < 1.29 is 31.1 Å². The topological polar surface area (TPSA) is 59.6 Å². The van der Waals surface area contributed by atoms with Gasteiger partial charge < -0.3 is 15.8 Å². The number of nitrogens with one attached hydrogen (secondary N) is 1. The van der Waals surface area contributed by atoms with E-state index in [-0.39, 0.29) is 23.8 Å². The number of nitrogens with two attached hydrogens (primary N) is 1. The Labute approximate surface area is 144 Å². The molecule has 0 spiro atoms. The van der Waals surface area contributed by atoms with Crippen molar-refractivity contribution in [3.05, 3.63) is 59.7 Å². The van der Waals surface area contributed by atoms with Crippen LogP contribution >= 0.6 is 0 Å². The number of benzene rings is 2. The summed E-state index contributed by atoms with van der Waals surface area (Å²) in [5, 5.41) is 2.43. The number of nitrogens with zero attached hydrogens (tertiary/aromatic N) is 1. The van der Waals surface area contributed by atoms with E-state index in [1.54, 1.807) is 0 Å². The second kappa shape index (κ2) is 7.54. The number of para-hydroxylation sites is 2. The number of alkyl halides is 6. The van der Waals surface area contributed by atoms with Crippen LogP contribution in [0.3, 0.4) is 0 Å². The third kappa shape index (κ3) is 5.87. The first-order valence-corrected chi connectivity index (χ1v) is 7.12. The summed E-state index contributed by atoms with van der Waals surface area (Å²) in [6.07, 6.45) is -9.38. The lowest BCUT2D eigenvalue weighted by Gasteiger charge is -2.14. The van der Waals surface area contributed by atoms with Crippen molar-refractivity contribution in [2.24, 2.45) is 10.7 Å². The monoisotopic (exact) mass is 377 g/mol. The molecule has 3 N–H and O–H groups in total. The highest BCUT2D eigenvalue weighted by atomic mass is 19.4. The van der Waals surface area contributed by atoms with Gasteiger partial charge in [-0.15, -0.1) is 13.2 Å². The summed E-state index contributed by atoms with van der Waals surface area (Å²) >= 11 is 0. The van der Waals surface area contributed by atoms with Crippen molar-refractivity contribution in [2.45, 2.75) is 19.1 Å². The first-order valence-electron chi connectivity index (χ1n) is 7.12. The van der Waals surface area contributed by atoms with E-state index in [1.807, 2.05) is 0 Å². The van der Waals surface area contributed by atoms with Crippen molar-refractivity contribution >= 4 is 11.6 Å². The second-order valence-corrected chi connectivity index (χ2v) is 5.07. The van der Waals surface area contributed by atoms with Crippen LogP contribution in [0.2, 0.25) is 0 Å². The number of ether oxygens (including phenoxy) is 1. The molecular formula is C16H13F6N3O. The van der Waals surface area contributed by atoms with Crippen LogP contribution in [-0.4, -0.2) is 12.3 Å². The van der Waals surface area contributed by atoms with Crippen molar-refractivity contribution in [1.29, 1.82) is 0 Å². The summed E-state index contributed by atoms with van der Waals surface area (Å²) in [6, 6.07) is 9.63. The van der Waals surface area contributed by atoms with Crippen LogP contribution in [0.4, 0.5) is 32.0 Å². The smallest absolute Gasteiger partial charge is 0.404 e. The first kappa shape index (κ1) is 19.4. The Morgan fingerprint density at radius 1 is 1.00 bits per heavy atom. The molecule has 0 unspecified atom stereocenters. The Morgan fingerprint density at radius 3 is 2.35 bits per heavy atom. The normalized spacial score (nSPS) is 12.8. The van der Waals surface area contributed by atoms with Crippen LogP contribution in [0.1, 0.15) is 11.1 Å². The second-order valence-electron chi connectivity index (χ2n) is 5.07. The minimum Gasteiger partial charge on any atom is -0.404 e. The molecule has 2 aromatic carbocycles. The van der Waals surface area contributed by atoms with Gasteiger partial charge in [-0.2, -0.15) is 13.2 Å². The van der Waals surface area contributed by atoms with Crippen LogP contribution in [0.15, 0.2) is 53.5 Å². The summed E-state index contributed by atoms with van der Waals surface area (Å²) in [4.78, 5) is 3.83. The van der Waals surface area contributed by atoms with Crippen LogP contribution in [0, 0.1) is 0 Å². The zero-order valence-corrected chi connectivity index (χ0v) is 13.0. The molecule has 10 heteroatoms. The maximum Gasteiger partial charge on any atom is 0.573 e. The predicted molar refractivity (Wildman–Crippen MR) is 83.5 cm³/mol. The van der Waals surface area contributed by atoms with E-state index in [9.17, 15) is 26.3 Å². The number of hydrogen-bond donors (Lipinski definition) is 2. The molecule has 0 bridgehead atoms. The Hall–Kier alpha value is -2.91. The van der Waals surface area contributed by atoms with Gasteiger partial charge in [0.2, 0.25) is 0 Å². The molecule has 0 atom stereocenters. The minimum atomic E-state index is -4.89. The lowest BCUT2D eigenvalue weighted by atomic mass is 10.1. The van der Waals surface area contributed by atoms with Gasteiger partial charge in [-0.25, -0.2) is 4.99 Å². The molecule has 140 valence electrons. The summed E-state index contributed by atoms with van der Waals surface area (Å²) < 4.78 is 78.9. The van der Waals surface area contributed by atoms with Crippen LogP contribution in [-0.2, 0) is 12.7 Å². The molecule has 0 amide bonds. The Morgan fingerprint density at radius 2 is 1.69 bits per heavy atom. The summed E-state index contributed by atoms with van der Waals surface area (Å²) in [7, 11) is 0. The Bertz CT molecular complexity index is 786. The quantitative estimate of drug-likeness (QED) is 0.468. The number of hydrogen-bond acceptors (Lipinski definition) is 2. The fourth-order valence-corrected chi connectivity index (χ4v) is 1.98. The fourth-order valence-electron chi connectivity index (χ4n) is 1.98. The molecule has 0 aliphatic carbocycles. The molecule has 0 aliphatic heterocycles. The van der Waals surface area contributed by atoms with Crippen molar-refractivity contribution in [3.63, 3.8) is 0 Å². The molecule has 0 saturated carbocycles. The largest absolute Gasteiger partial charge is 0.573 e. The van der Waals surface area contributed by atoms with Gasteiger partial charge in [-0.1, -0.05) is 24.3 Å². The lowest BCUT2D eigenvalue weighted by molar-refractivity contribution is -0.274. The molecule has 2 rings (SSSR count). The number of halogens is 6. The van der Waals surface area contributed by atoms with Crippen molar-refractivity contribution in [2.75, 3.05) is 5.32 Å². The average Bonchev–Trinajstić information content (AvgIpc) is 2.53. The van der Waals surface area contributed by atoms with E-state index in [1.165, 1.54) is 30.3 Å². The van der Waals surface area contributed by atoms with Crippen LogP contribution < -0.4 is 15.8 Å². The molecule has 4 nitrogen and oxygen atoms in total. The van der Waals surface area contributed by atoms with Gasteiger partial charge in [0, 0.05) is 0 Å². The van der Waals surface area contributed by atoms with E-state index in [0.29, 0.717) is 0 Å². The third-order valence-electron chi connectivity index (χ3n) is 3.06. The number of rotatable bonds is 4. The molecule has 0 heterocycles. The molecule has 0 saturated heterocycles. The number of anilines is 1. The van der Waals surface area contributed by atoms with Gasteiger partial charge in [-0.3, -0.25) is 0 Å². The maximum atomic E-state index is 12.7. The van der Waals surface area contributed by atoms with E-state index in [0.717, 1.165) is 18.2 Å². The maximum absolute atomic E-state index is 12.7. The standard InChI is InChI=1S/C16H13F6N3O/c17-15(18,19)11-5-3-4-10(8-11)9-24-14(23)25-12-6-1-2-7-13(12)26-16(20,21)22/h1-8H,9H2,(H3,23,24,25). The summed E-state index contributed by atoms with van der Waals surface area (Å²) in [5.41, 5.74) is 4.91. The summed E-state index contributed by atoms with van der Waals surface area (Å²) in [5.74, 6) is -0.794. The molecule has 0 fully saturated rings. The van der Waals surface area contributed by atoms with Gasteiger partial charge in [0.25, 0.3) is 0 Å². The summed E-state index contributed by atoms with van der Waals surface area (Å²) in [6.45, 7) is -0.189. The lowest BCUT2D eigenvalue weighted by Crippen LogP contribution is -2.24. The highest BCUT2D eigenvalue weighted by Gasteiger charge is 2.32. The van der Waals surface area contributed by atoms with E-state index in [2.05, 4.69) is 15.0 Å². The van der Waals surface area contributed by atoms with Gasteiger partial charge >= 0.3 is 12.5 Å². The Balaban J connectivity index is 2.10. The highest BCUT2D eigenvalue weighted by Crippen LogP contribution is 2.30. The highest BCUT2D eigenvalue weighted by molar-refractivity contribution is 5.93. The fraction of sp³-hybridized carbons (Fsp3) is 0.188. The third-order valence-corrected chi connectivity index (χ3v) is 3.06. The molecule has 0 aliphatic rings. The predicted octanol–water partition coefficient (Wildman–Crippen LogP) is 4.53. The molecular weight excluding hydrogens is 364 g/mol. The van der Waals surface area contributed by atoms with Crippen LogP contribution in [0.5, 0.6) is 5.75 Å². The van der Waals surface area contributed by atoms with Gasteiger partial charge in [-0.05, 0) is 29.8 Å². The molecule has 0 aromatic heterocycles. The number of guanidine groups is 1. The average molecular weight is 377 g/mol. The van der Waals surface area contributed by atoms with E-state index < -0.39 is 23.9 Å². The molecule has 26 heavy (non-hydrogen) atoms. The van der Waals surface area contributed by atoms with E-state index >= 15 is 0 Å². The Kier molecular flexibility index (Phi) is 5.63. The van der Waals surface area contributed by atoms with Crippen molar-refractivity contribution in [1.82, 2.24) is 0 Å². The van der Waals surface area contributed by atoms with Crippen LogP contribution in [0.25, 0.3) is 0 Å². The minimum absolute atomic E-state index is 0.0879. The van der Waals surface area contributed by atoms with Crippen molar-refractivity contribution in [3.8, 4) is 5.75 Å². The first-order chi connectivity index (χ1) is 12.0. The molecule has 0 radical (unpaired) electrons. The SMILES string of the molecule is NC(=NCc1cccc(C(F)(F)F)c1)Nc1ccccc1OC(F)(F)F. The van der Waals surface area contributed by atoms with Gasteiger partial charge in [0.05, 0.1) is 17.8 Å². The number of aliphatic imine (C=N–C) groups is 1. The van der Waals surface area contributed by atoms with Gasteiger partial charge in [0.1, 0.15) is 0 Å². The molecule has 2 aromatic rings.